The number of fused-ring (bicyclic) bond motifs is 1. The van der Waals surface area contributed by atoms with Crippen molar-refractivity contribution in [3.8, 4) is 0 Å². The van der Waals surface area contributed by atoms with E-state index >= 15 is 0 Å². The smallest absolute Gasteiger partial charge is 0.251 e. The van der Waals surface area contributed by atoms with Gasteiger partial charge in [0, 0.05) is 12.5 Å². The lowest BCUT2D eigenvalue weighted by molar-refractivity contribution is 0.0950. The summed E-state index contributed by atoms with van der Waals surface area (Å²) in [6.45, 7) is 1.93. The van der Waals surface area contributed by atoms with E-state index in [0.29, 0.717) is 28.3 Å². The number of rotatable bonds is 2. The van der Waals surface area contributed by atoms with E-state index in [1.165, 1.54) is 11.3 Å². The Labute approximate surface area is 138 Å². The fourth-order valence-electron chi connectivity index (χ4n) is 2.77. The van der Waals surface area contributed by atoms with Gasteiger partial charge < -0.3 is 16.6 Å². The Bertz CT molecular complexity index is 710. The van der Waals surface area contributed by atoms with Crippen LogP contribution in [0.4, 0.5) is 5.00 Å². The molecule has 0 spiro atoms. The van der Waals surface area contributed by atoms with E-state index in [2.05, 4.69) is 0 Å². The average Bonchev–Trinajstić information content (AvgIpc) is 2.86. The second kappa shape index (κ2) is 7.39. The third-order valence-corrected chi connectivity index (χ3v) is 4.78. The van der Waals surface area contributed by atoms with Gasteiger partial charge in [0.2, 0.25) is 0 Å². The van der Waals surface area contributed by atoms with Crippen LogP contribution in [0.15, 0.2) is 30.3 Å². The van der Waals surface area contributed by atoms with Gasteiger partial charge in [-0.25, -0.2) is 0 Å². The molecule has 1 atom stereocenters. The summed E-state index contributed by atoms with van der Waals surface area (Å²) in [6, 6.07) is 9.70. The van der Waals surface area contributed by atoms with Crippen molar-refractivity contribution in [3.05, 3.63) is 51.9 Å². The molecule has 2 aromatic rings. The maximum atomic E-state index is 12.6. The van der Waals surface area contributed by atoms with Crippen molar-refractivity contribution in [1.29, 1.82) is 0 Å². The monoisotopic (exact) mass is 332 g/mol. The van der Waals surface area contributed by atoms with Gasteiger partial charge in [-0.2, -0.15) is 0 Å². The first-order valence-electron chi connectivity index (χ1n) is 7.42. The second-order valence-electron chi connectivity index (χ2n) is 5.20. The summed E-state index contributed by atoms with van der Waals surface area (Å²) in [5, 5.41) is 7.92. The van der Waals surface area contributed by atoms with Crippen LogP contribution in [0, 0.1) is 0 Å². The number of benzene rings is 1. The Kier molecular flexibility index (Phi) is 5.52. The number of carbonyl (C=O) groups excluding carboxylic acids is 2. The van der Waals surface area contributed by atoms with Gasteiger partial charge in [0.05, 0.1) is 15.4 Å². The Hall–Kier alpha value is -2.18. The van der Waals surface area contributed by atoms with E-state index in [-0.39, 0.29) is 18.3 Å². The van der Waals surface area contributed by atoms with Gasteiger partial charge in [-0.05, 0) is 30.9 Å². The fourth-order valence-corrected chi connectivity index (χ4v) is 3.89. The van der Waals surface area contributed by atoms with Crippen LogP contribution in [0.5, 0.6) is 0 Å². The van der Waals surface area contributed by atoms with Crippen LogP contribution < -0.4 is 11.5 Å². The minimum absolute atomic E-state index is 0.0432. The maximum absolute atomic E-state index is 12.6. The topological polar surface area (TPSA) is 106 Å². The lowest BCUT2D eigenvalue weighted by Crippen LogP contribution is -2.22. The van der Waals surface area contributed by atoms with E-state index in [0.717, 1.165) is 11.1 Å². The standard InChI is InChI=1S/C15H14N2O2S.C2H6O/c16-14(19)11-10-7-6-9(8-4-2-1-3-5-8)12(18)13(10)20-15(11)17;1-2-3/h1-5,9H,6-7,17H2,(H2,16,19);3H,2H2,1H3/t9-;/m1./s1. The summed E-state index contributed by atoms with van der Waals surface area (Å²) in [5.41, 5.74) is 13.3. The first kappa shape index (κ1) is 17.2. The fraction of sp³-hybridized carbons (Fsp3) is 0.294. The van der Waals surface area contributed by atoms with Gasteiger partial charge in [-0.3, -0.25) is 9.59 Å². The Balaban J connectivity index is 0.000000595. The average molecular weight is 332 g/mol. The lowest BCUT2D eigenvalue weighted by atomic mass is 9.82. The molecule has 1 aromatic carbocycles. The molecule has 0 fully saturated rings. The highest BCUT2D eigenvalue weighted by molar-refractivity contribution is 7.18. The van der Waals surface area contributed by atoms with Crippen molar-refractivity contribution in [2.75, 3.05) is 12.3 Å². The minimum Gasteiger partial charge on any atom is -0.397 e. The summed E-state index contributed by atoms with van der Waals surface area (Å²) >= 11 is 1.18. The van der Waals surface area contributed by atoms with Crippen LogP contribution in [0.1, 0.15) is 50.4 Å². The van der Waals surface area contributed by atoms with E-state index in [9.17, 15) is 9.59 Å². The molecule has 0 radical (unpaired) electrons. The molecule has 1 aliphatic rings. The molecule has 122 valence electrons. The van der Waals surface area contributed by atoms with E-state index in [4.69, 9.17) is 16.6 Å². The molecule has 0 bridgehead atoms. The number of amides is 1. The number of thiophene rings is 1. The molecule has 0 unspecified atom stereocenters. The molecule has 1 heterocycles. The molecule has 5 N–H and O–H groups in total. The molecule has 3 rings (SSSR count). The molecule has 1 aliphatic carbocycles. The van der Waals surface area contributed by atoms with Crippen molar-refractivity contribution in [1.82, 2.24) is 0 Å². The number of primary amides is 1. The number of nitrogens with two attached hydrogens (primary N) is 2. The van der Waals surface area contributed by atoms with Crippen LogP contribution in [0.25, 0.3) is 0 Å². The number of hydrogen-bond donors (Lipinski definition) is 3. The number of nitrogen functional groups attached to an aromatic ring is 1. The quantitative estimate of drug-likeness (QED) is 0.784. The second-order valence-corrected chi connectivity index (χ2v) is 6.25. The number of hydrogen-bond acceptors (Lipinski definition) is 5. The number of Topliss-reactive ketones (excluding diaryl/α,β-unsaturated/α-hetero) is 1. The number of carbonyl (C=O) groups is 2. The van der Waals surface area contributed by atoms with Crippen molar-refractivity contribution < 1.29 is 14.7 Å². The highest BCUT2D eigenvalue weighted by Gasteiger charge is 2.34. The van der Waals surface area contributed by atoms with Gasteiger partial charge in [0.15, 0.2) is 5.78 Å². The Morgan fingerprint density at radius 3 is 2.52 bits per heavy atom. The molecular weight excluding hydrogens is 312 g/mol. The number of ketones is 1. The first-order chi connectivity index (χ1) is 11.0. The highest BCUT2D eigenvalue weighted by Crippen LogP contribution is 2.40. The van der Waals surface area contributed by atoms with E-state index < -0.39 is 5.91 Å². The van der Waals surface area contributed by atoms with Crippen LogP contribution >= 0.6 is 11.3 Å². The molecule has 0 saturated heterocycles. The molecule has 5 nitrogen and oxygen atoms in total. The third kappa shape index (κ3) is 3.43. The first-order valence-corrected chi connectivity index (χ1v) is 8.23. The minimum atomic E-state index is -0.550. The van der Waals surface area contributed by atoms with Gasteiger partial charge in [-0.1, -0.05) is 30.3 Å². The Morgan fingerprint density at radius 1 is 1.35 bits per heavy atom. The maximum Gasteiger partial charge on any atom is 0.251 e. The van der Waals surface area contributed by atoms with Gasteiger partial charge >= 0.3 is 0 Å². The van der Waals surface area contributed by atoms with Crippen molar-refractivity contribution in [2.45, 2.75) is 25.7 Å². The molecule has 1 amide bonds. The number of anilines is 1. The zero-order valence-electron chi connectivity index (χ0n) is 12.9. The van der Waals surface area contributed by atoms with Crippen molar-refractivity contribution in [2.24, 2.45) is 5.73 Å². The summed E-state index contributed by atoms with van der Waals surface area (Å²) in [5.74, 6) is -0.657. The molecule has 0 aliphatic heterocycles. The van der Waals surface area contributed by atoms with Crippen LogP contribution in [-0.4, -0.2) is 23.4 Å². The number of aliphatic hydroxyl groups is 1. The predicted molar refractivity (Wildman–Crippen MR) is 91.8 cm³/mol. The highest BCUT2D eigenvalue weighted by atomic mass is 32.1. The summed E-state index contributed by atoms with van der Waals surface area (Å²) in [7, 11) is 0. The zero-order valence-corrected chi connectivity index (χ0v) is 13.7. The molecule has 0 saturated carbocycles. The van der Waals surface area contributed by atoms with Crippen molar-refractivity contribution in [3.63, 3.8) is 0 Å². The predicted octanol–water partition coefficient (Wildman–Crippen LogP) is 2.34. The van der Waals surface area contributed by atoms with Crippen LogP contribution in [-0.2, 0) is 6.42 Å². The molecule has 23 heavy (non-hydrogen) atoms. The third-order valence-electron chi connectivity index (χ3n) is 3.71. The van der Waals surface area contributed by atoms with Crippen molar-refractivity contribution >= 4 is 28.0 Å². The summed E-state index contributed by atoms with van der Waals surface area (Å²) in [4.78, 5) is 24.7. The largest absolute Gasteiger partial charge is 0.397 e. The van der Waals surface area contributed by atoms with Gasteiger partial charge in [0.1, 0.15) is 0 Å². The Morgan fingerprint density at radius 2 is 1.96 bits per heavy atom. The zero-order chi connectivity index (χ0) is 17.0. The summed E-state index contributed by atoms with van der Waals surface area (Å²) in [6.07, 6.45) is 1.35. The van der Waals surface area contributed by atoms with Crippen LogP contribution in [0.2, 0.25) is 0 Å². The van der Waals surface area contributed by atoms with Gasteiger partial charge in [-0.15, -0.1) is 11.3 Å². The lowest BCUT2D eigenvalue weighted by Gasteiger charge is -2.21. The van der Waals surface area contributed by atoms with Gasteiger partial charge in [0.25, 0.3) is 5.91 Å². The molecule has 6 heteroatoms. The molecular formula is C17H20N2O3S. The SMILES string of the molecule is CCO.NC(=O)c1c(N)sc2c1CC[C@H](c1ccccc1)C2=O. The molecule has 1 aromatic heterocycles. The van der Waals surface area contributed by atoms with E-state index in [1.807, 2.05) is 30.3 Å². The summed E-state index contributed by atoms with van der Waals surface area (Å²) < 4.78 is 0. The van der Waals surface area contributed by atoms with E-state index in [1.54, 1.807) is 6.92 Å². The van der Waals surface area contributed by atoms with Crippen LogP contribution in [0.3, 0.4) is 0 Å². The normalized spacial score (nSPS) is 16.3. The number of aliphatic hydroxyl groups excluding tert-OH is 1.